The largest absolute Gasteiger partial charge is 0.367 e. The first-order valence-corrected chi connectivity index (χ1v) is 7.61. The molecule has 1 saturated carbocycles. The summed E-state index contributed by atoms with van der Waals surface area (Å²) in [7, 11) is 0. The summed E-state index contributed by atoms with van der Waals surface area (Å²) in [6.45, 7) is 2.57. The first-order chi connectivity index (χ1) is 10.2. The van der Waals surface area contributed by atoms with Crippen LogP contribution in [-0.2, 0) is 6.54 Å². The van der Waals surface area contributed by atoms with Crippen LogP contribution >= 0.6 is 0 Å². The number of hydrogen-bond donors (Lipinski definition) is 1. The second kappa shape index (κ2) is 6.12. The summed E-state index contributed by atoms with van der Waals surface area (Å²) in [5.74, 6) is 0.746. The van der Waals surface area contributed by atoms with Gasteiger partial charge in [-0.25, -0.2) is 4.79 Å². The third-order valence-corrected chi connectivity index (χ3v) is 4.07. The number of aromatic nitrogens is 2. The highest BCUT2D eigenvalue weighted by Gasteiger charge is 2.16. The van der Waals surface area contributed by atoms with E-state index in [1.165, 1.54) is 25.7 Å². The number of nitrogens with one attached hydrogen (secondary N) is 1. The Kier molecular flexibility index (Phi) is 4.04. The zero-order valence-electron chi connectivity index (χ0n) is 12.4. The standard InChI is InChI=1S/C17H21N3O/c1-13-11-20(12-14-7-3-2-4-8-14)17(21)19-16(13)18-15-9-5-6-10-15/h2-4,7-8,11,15H,5-6,9-10,12H2,1H3,(H,18,19,21). The molecule has 0 saturated heterocycles. The van der Waals surface area contributed by atoms with E-state index in [2.05, 4.69) is 10.3 Å². The third-order valence-electron chi connectivity index (χ3n) is 4.07. The molecular weight excluding hydrogens is 262 g/mol. The van der Waals surface area contributed by atoms with E-state index in [1.807, 2.05) is 43.5 Å². The van der Waals surface area contributed by atoms with Gasteiger partial charge in [-0.2, -0.15) is 4.98 Å². The van der Waals surface area contributed by atoms with Crippen molar-refractivity contribution >= 4 is 5.82 Å². The number of hydrogen-bond acceptors (Lipinski definition) is 3. The molecule has 2 aromatic rings. The lowest BCUT2D eigenvalue weighted by atomic mass is 10.2. The highest BCUT2D eigenvalue weighted by atomic mass is 16.1. The molecule has 110 valence electrons. The van der Waals surface area contributed by atoms with Crippen LogP contribution in [0.2, 0.25) is 0 Å². The molecule has 4 nitrogen and oxygen atoms in total. The van der Waals surface area contributed by atoms with Gasteiger partial charge >= 0.3 is 5.69 Å². The summed E-state index contributed by atoms with van der Waals surface area (Å²) in [6, 6.07) is 10.5. The monoisotopic (exact) mass is 283 g/mol. The lowest BCUT2D eigenvalue weighted by Gasteiger charge is -2.15. The van der Waals surface area contributed by atoms with Gasteiger partial charge in [0, 0.05) is 17.8 Å². The van der Waals surface area contributed by atoms with Crippen LogP contribution in [-0.4, -0.2) is 15.6 Å². The van der Waals surface area contributed by atoms with Gasteiger partial charge in [0.25, 0.3) is 0 Å². The van der Waals surface area contributed by atoms with Crippen LogP contribution in [0.3, 0.4) is 0 Å². The first-order valence-electron chi connectivity index (χ1n) is 7.61. The van der Waals surface area contributed by atoms with Gasteiger partial charge in [-0.05, 0) is 25.3 Å². The Morgan fingerprint density at radius 1 is 1.24 bits per heavy atom. The molecule has 4 heteroatoms. The van der Waals surface area contributed by atoms with Crippen LogP contribution < -0.4 is 11.0 Å². The molecule has 0 atom stereocenters. The predicted molar refractivity (Wildman–Crippen MR) is 84.7 cm³/mol. The number of nitrogens with zero attached hydrogens (tertiary/aromatic N) is 2. The van der Waals surface area contributed by atoms with Gasteiger partial charge in [0.2, 0.25) is 0 Å². The van der Waals surface area contributed by atoms with Crippen molar-refractivity contribution in [2.45, 2.75) is 45.2 Å². The molecule has 1 N–H and O–H groups in total. The van der Waals surface area contributed by atoms with Crippen LogP contribution in [0.25, 0.3) is 0 Å². The number of rotatable bonds is 4. The van der Waals surface area contributed by atoms with E-state index in [4.69, 9.17) is 0 Å². The summed E-state index contributed by atoms with van der Waals surface area (Å²) in [5.41, 5.74) is 1.94. The average Bonchev–Trinajstić information content (AvgIpc) is 2.98. The van der Waals surface area contributed by atoms with Crippen LogP contribution in [0.4, 0.5) is 5.82 Å². The van der Waals surface area contributed by atoms with Crippen LogP contribution in [0, 0.1) is 6.92 Å². The van der Waals surface area contributed by atoms with Crippen LogP contribution in [0.5, 0.6) is 0 Å². The third kappa shape index (κ3) is 3.32. The molecule has 3 rings (SSSR count). The molecule has 0 aliphatic heterocycles. The van der Waals surface area contributed by atoms with Crippen molar-refractivity contribution in [2.24, 2.45) is 0 Å². The normalized spacial score (nSPS) is 15.3. The lowest BCUT2D eigenvalue weighted by Crippen LogP contribution is -2.27. The summed E-state index contributed by atoms with van der Waals surface area (Å²) >= 11 is 0. The minimum atomic E-state index is -0.190. The smallest absolute Gasteiger partial charge is 0.349 e. The number of aryl methyl sites for hydroxylation is 1. The minimum Gasteiger partial charge on any atom is -0.367 e. The Hall–Kier alpha value is -2.10. The summed E-state index contributed by atoms with van der Waals surface area (Å²) in [6.07, 6.45) is 6.78. The second-order valence-electron chi connectivity index (χ2n) is 5.79. The molecule has 0 amide bonds. The van der Waals surface area contributed by atoms with Gasteiger partial charge in [-0.15, -0.1) is 0 Å². The fourth-order valence-corrected chi connectivity index (χ4v) is 2.90. The van der Waals surface area contributed by atoms with E-state index in [-0.39, 0.29) is 5.69 Å². The van der Waals surface area contributed by atoms with E-state index in [0.717, 1.165) is 16.9 Å². The van der Waals surface area contributed by atoms with Gasteiger partial charge in [0.05, 0.1) is 6.54 Å². The van der Waals surface area contributed by atoms with Gasteiger partial charge in [-0.3, -0.25) is 4.57 Å². The topological polar surface area (TPSA) is 46.9 Å². The maximum Gasteiger partial charge on any atom is 0.349 e. The van der Waals surface area contributed by atoms with Crippen molar-refractivity contribution in [3.05, 3.63) is 58.1 Å². The Bertz CT molecular complexity index is 657. The van der Waals surface area contributed by atoms with Crippen LogP contribution in [0.1, 0.15) is 36.8 Å². The van der Waals surface area contributed by atoms with Gasteiger partial charge in [0.1, 0.15) is 5.82 Å². The summed E-state index contributed by atoms with van der Waals surface area (Å²) < 4.78 is 1.67. The summed E-state index contributed by atoms with van der Waals surface area (Å²) in [4.78, 5) is 16.4. The molecule has 0 radical (unpaired) electrons. The van der Waals surface area contributed by atoms with E-state index in [1.54, 1.807) is 4.57 Å². The molecule has 1 fully saturated rings. The zero-order valence-corrected chi connectivity index (χ0v) is 12.4. The average molecular weight is 283 g/mol. The summed E-state index contributed by atoms with van der Waals surface area (Å²) in [5, 5.41) is 3.42. The maximum atomic E-state index is 12.2. The van der Waals surface area contributed by atoms with E-state index in [0.29, 0.717) is 12.6 Å². The van der Waals surface area contributed by atoms with Crippen molar-refractivity contribution in [3.63, 3.8) is 0 Å². The molecule has 1 aromatic carbocycles. The molecule has 1 aliphatic rings. The van der Waals surface area contributed by atoms with Crippen molar-refractivity contribution in [1.29, 1.82) is 0 Å². The molecule has 1 aliphatic carbocycles. The van der Waals surface area contributed by atoms with Gasteiger partial charge < -0.3 is 5.32 Å². The quantitative estimate of drug-likeness (QED) is 0.938. The maximum absolute atomic E-state index is 12.2. The fourth-order valence-electron chi connectivity index (χ4n) is 2.90. The molecular formula is C17H21N3O. The van der Waals surface area contributed by atoms with Crippen LogP contribution in [0.15, 0.2) is 41.3 Å². The number of anilines is 1. The van der Waals surface area contributed by atoms with Gasteiger partial charge in [-0.1, -0.05) is 43.2 Å². The Morgan fingerprint density at radius 2 is 1.95 bits per heavy atom. The molecule has 0 unspecified atom stereocenters. The number of benzene rings is 1. The SMILES string of the molecule is Cc1cn(Cc2ccccc2)c(=O)nc1NC1CCCC1. The zero-order chi connectivity index (χ0) is 14.7. The Morgan fingerprint density at radius 3 is 2.67 bits per heavy atom. The van der Waals surface area contributed by atoms with Crippen molar-refractivity contribution in [3.8, 4) is 0 Å². The van der Waals surface area contributed by atoms with Crippen molar-refractivity contribution in [1.82, 2.24) is 9.55 Å². The van der Waals surface area contributed by atoms with Crippen molar-refractivity contribution in [2.75, 3.05) is 5.32 Å². The molecule has 0 spiro atoms. The Labute approximate surface area is 124 Å². The highest BCUT2D eigenvalue weighted by molar-refractivity contribution is 5.42. The van der Waals surface area contributed by atoms with Crippen molar-refractivity contribution < 1.29 is 0 Å². The van der Waals surface area contributed by atoms with E-state index < -0.39 is 0 Å². The predicted octanol–water partition coefficient (Wildman–Crippen LogP) is 2.95. The van der Waals surface area contributed by atoms with E-state index in [9.17, 15) is 4.79 Å². The molecule has 21 heavy (non-hydrogen) atoms. The fraction of sp³-hybridized carbons (Fsp3) is 0.412. The minimum absolute atomic E-state index is 0.190. The molecule has 1 aromatic heterocycles. The van der Waals surface area contributed by atoms with Gasteiger partial charge in [0.15, 0.2) is 0 Å². The lowest BCUT2D eigenvalue weighted by molar-refractivity contribution is 0.707. The highest BCUT2D eigenvalue weighted by Crippen LogP contribution is 2.22. The Balaban J connectivity index is 1.80. The molecule has 1 heterocycles. The van der Waals surface area contributed by atoms with E-state index >= 15 is 0 Å². The first kappa shape index (κ1) is 13.9. The molecule has 0 bridgehead atoms. The second-order valence-corrected chi connectivity index (χ2v) is 5.79.